The van der Waals surface area contributed by atoms with Crippen LogP contribution in [0.5, 0.6) is 5.88 Å². The van der Waals surface area contributed by atoms with Crippen LogP contribution in [0.4, 0.5) is 10.7 Å². The molecule has 0 unspecified atom stereocenters. The van der Waals surface area contributed by atoms with E-state index in [0.717, 1.165) is 54.9 Å². The second-order valence-electron chi connectivity index (χ2n) is 11.2. The number of anilines is 2. The molecule has 0 spiro atoms. The Kier molecular flexibility index (Phi) is 7.17. The average Bonchev–Trinajstić information content (AvgIpc) is 3.71. The largest absolute Gasteiger partial charge is 0.473 e. The highest BCUT2D eigenvalue weighted by Crippen LogP contribution is 2.48. The van der Waals surface area contributed by atoms with E-state index in [1.807, 2.05) is 19.1 Å². The topological polar surface area (TPSA) is 138 Å². The predicted molar refractivity (Wildman–Crippen MR) is 156 cm³/mol. The van der Waals surface area contributed by atoms with Crippen molar-refractivity contribution in [3.8, 4) is 23.5 Å². The lowest BCUT2D eigenvalue weighted by Crippen LogP contribution is -2.48. The van der Waals surface area contributed by atoms with Crippen LogP contribution in [0.3, 0.4) is 0 Å². The maximum absolute atomic E-state index is 12.1. The summed E-state index contributed by atoms with van der Waals surface area (Å²) in [6.45, 7) is 10.0. The van der Waals surface area contributed by atoms with E-state index in [-0.39, 0.29) is 12.0 Å². The van der Waals surface area contributed by atoms with Crippen molar-refractivity contribution in [3.63, 3.8) is 0 Å². The number of piperazine rings is 1. The van der Waals surface area contributed by atoms with Gasteiger partial charge in [-0.1, -0.05) is 11.7 Å². The van der Waals surface area contributed by atoms with E-state index in [1.165, 1.54) is 17.4 Å². The van der Waals surface area contributed by atoms with Gasteiger partial charge in [0, 0.05) is 61.5 Å². The molecule has 41 heavy (non-hydrogen) atoms. The number of likely N-dealkylation sites (N-methyl/N-ethyl adjacent to an activating group) is 1. The molecule has 3 aliphatic rings. The highest BCUT2D eigenvalue weighted by atomic mass is 32.1. The zero-order chi connectivity index (χ0) is 28.7. The number of pyridine rings is 1. The average molecular weight is 575 g/mol. The van der Waals surface area contributed by atoms with Gasteiger partial charge in [0.1, 0.15) is 22.9 Å². The molecule has 3 aromatic rings. The summed E-state index contributed by atoms with van der Waals surface area (Å²) in [6, 6.07) is 6.20. The lowest BCUT2D eigenvalue weighted by Gasteiger charge is -2.35. The fraction of sp³-hybridized carbons (Fsp3) is 0.483. The lowest BCUT2D eigenvalue weighted by molar-refractivity contribution is -0.126. The second kappa shape index (κ2) is 10.8. The van der Waals surface area contributed by atoms with Gasteiger partial charge < -0.3 is 29.7 Å². The number of nitrogens with zero attached hydrogens (tertiary/aromatic N) is 7. The van der Waals surface area contributed by atoms with E-state index in [1.54, 1.807) is 4.90 Å². The first-order valence-electron chi connectivity index (χ1n) is 14.0. The molecule has 0 aromatic carbocycles. The van der Waals surface area contributed by atoms with Crippen LogP contribution in [0.1, 0.15) is 48.1 Å². The number of amides is 1. The molecule has 12 heteroatoms. The van der Waals surface area contributed by atoms with Gasteiger partial charge in [-0.3, -0.25) is 4.79 Å². The zero-order valence-electron chi connectivity index (χ0n) is 23.4. The summed E-state index contributed by atoms with van der Waals surface area (Å²) in [5.74, 6) is 1.27. The molecule has 2 N–H and O–H groups in total. The summed E-state index contributed by atoms with van der Waals surface area (Å²) < 4.78 is 12.2. The smallest absolute Gasteiger partial charge is 0.246 e. The van der Waals surface area contributed by atoms with Gasteiger partial charge in [-0.15, -0.1) is 11.3 Å². The number of nitrogens with two attached hydrogens (primary N) is 1. The first kappa shape index (κ1) is 27.2. The number of rotatable bonds is 6. The van der Waals surface area contributed by atoms with Crippen molar-refractivity contribution in [1.82, 2.24) is 24.9 Å². The first-order chi connectivity index (χ1) is 19.8. The lowest BCUT2D eigenvalue weighted by atomic mass is 9.72. The molecular formula is C29H34N8O3S. The van der Waals surface area contributed by atoms with E-state index in [9.17, 15) is 10.1 Å². The van der Waals surface area contributed by atoms with Crippen molar-refractivity contribution in [3.05, 3.63) is 46.7 Å². The van der Waals surface area contributed by atoms with Gasteiger partial charge in [0.2, 0.25) is 23.5 Å². The number of nitriles is 1. The van der Waals surface area contributed by atoms with E-state index < -0.39 is 5.41 Å². The molecule has 2 fully saturated rings. The van der Waals surface area contributed by atoms with Crippen LogP contribution in [-0.2, 0) is 16.6 Å². The summed E-state index contributed by atoms with van der Waals surface area (Å²) in [6.07, 6.45) is 4.93. The number of aromatic nitrogens is 3. The molecule has 0 radical (unpaired) electrons. The van der Waals surface area contributed by atoms with Gasteiger partial charge in [-0.25, -0.2) is 4.98 Å². The van der Waals surface area contributed by atoms with Crippen LogP contribution in [0.25, 0.3) is 11.5 Å². The monoisotopic (exact) mass is 574 g/mol. The zero-order valence-corrected chi connectivity index (χ0v) is 24.2. The minimum Gasteiger partial charge on any atom is -0.473 e. The molecule has 0 bridgehead atoms. The van der Waals surface area contributed by atoms with Crippen LogP contribution in [0.15, 0.2) is 29.3 Å². The summed E-state index contributed by atoms with van der Waals surface area (Å²) in [5, 5.41) is 14.7. The number of nitrogen functional groups attached to an aromatic ring is 1. The number of carbonyl (C=O) groups excluding carboxylic acids is 1. The molecule has 2 atom stereocenters. The molecular weight excluding hydrogens is 540 g/mol. The number of likely N-dealkylation sites (tertiary alicyclic amines) is 1. The number of ether oxygens (including phenoxy) is 1. The Morgan fingerprint density at radius 3 is 2.80 bits per heavy atom. The third kappa shape index (κ3) is 5.04. The summed E-state index contributed by atoms with van der Waals surface area (Å²) in [5.41, 5.74) is 8.50. The molecule has 1 aliphatic carbocycles. The van der Waals surface area contributed by atoms with Crippen molar-refractivity contribution in [2.75, 3.05) is 56.9 Å². The maximum atomic E-state index is 12.1. The van der Waals surface area contributed by atoms with Crippen LogP contribution in [-0.4, -0.2) is 83.3 Å². The summed E-state index contributed by atoms with van der Waals surface area (Å²) in [4.78, 5) is 29.1. The van der Waals surface area contributed by atoms with Crippen LogP contribution < -0.4 is 15.4 Å². The van der Waals surface area contributed by atoms with E-state index in [4.69, 9.17) is 25.0 Å². The Labute approximate surface area is 243 Å². The van der Waals surface area contributed by atoms with E-state index in [2.05, 4.69) is 34.7 Å². The number of thiophene rings is 1. The standard InChI is InChI=1S/C29H34N8O3S/c1-4-24(38)37-12-10-36(11-13-37)18-14-21(32-23(15-18)39-19-7-9-35(3)17-19)27-33-28(40-34-27)29(2)8-5-6-22-25(29)20(16-30)26(31)41-22/h4,14-15,19H,1,5-13,17,31H2,2-3H3/t19-,29+/m1/s1. The number of hydrogen-bond donors (Lipinski definition) is 1. The fourth-order valence-electron chi connectivity index (χ4n) is 6.19. The molecule has 3 aromatic heterocycles. The maximum Gasteiger partial charge on any atom is 0.246 e. The van der Waals surface area contributed by atoms with E-state index >= 15 is 0 Å². The van der Waals surface area contributed by atoms with Crippen molar-refractivity contribution in [1.29, 1.82) is 5.26 Å². The quantitative estimate of drug-likeness (QED) is 0.437. The van der Waals surface area contributed by atoms with Crippen LogP contribution in [0, 0.1) is 11.3 Å². The Bertz CT molecular complexity index is 1520. The highest BCUT2D eigenvalue weighted by Gasteiger charge is 2.43. The SMILES string of the molecule is C=CC(=O)N1CCN(c2cc(O[C@@H]3CCN(C)C3)nc(-c3noc([C@@]4(C)CCCc5sc(N)c(C#N)c54)n3)c2)CC1. The third-order valence-electron chi connectivity index (χ3n) is 8.43. The number of carbonyl (C=O) groups is 1. The Morgan fingerprint density at radius 1 is 1.29 bits per heavy atom. The molecule has 0 saturated carbocycles. The first-order valence-corrected chi connectivity index (χ1v) is 14.8. The molecule has 5 heterocycles. The molecule has 2 aliphatic heterocycles. The molecule has 214 valence electrons. The second-order valence-corrected chi connectivity index (χ2v) is 12.4. The summed E-state index contributed by atoms with van der Waals surface area (Å²) >= 11 is 1.48. The van der Waals surface area contributed by atoms with Gasteiger partial charge in [0.05, 0.1) is 11.0 Å². The minimum absolute atomic E-state index is 0.0477. The number of aryl methyl sites for hydroxylation is 1. The third-order valence-corrected chi connectivity index (χ3v) is 9.51. The van der Waals surface area contributed by atoms with Crippen LogP contribution in [0.2, 0.25) is 0 Å². The highest BCUT2D eigenvalue weighted by molar-refractivity contribution is 7.16. The van der Waals surface area contributed by atoms with E-state index in [0.29, 0.717) is 60.0 Å². The summed E-state index contributed by atoms with van der Waals surface area (Å²) in [7, 11) is 2.08. The Hall–Kier alpha value is -3.95. The Morgan fingerprint density at radius 2 is 2.10 bits per heavy atom. The predicted octanol–water partition coefficient (Wildman–Crippen LogP) is 3.21. The number of fused-ring (bicyclic) bond motifs is 1. The fourth-order valence-corrected chi connectivity index (χ4v) is 7.38. The van der Waals surface area contributed by atoms with Crippen molar-refractivity contribution in [2.24, 2.45) is 0 Å². The van der Waals surface area contributed by atoms with Crippen molar-refractivity contribution in [2.45, 2.75) is 44.1 Å². The molecule has 11 nitrogen and oxygen atoms in total. The molecule has 1 amide bonds. The van der Waals surface area contributed by atoms with Gasteiger partial charge in [0.15, 0.2) is 0 Å². The Balaban J connectivity index is 1.34. The van der Waals surface area contributed by atoms with Crippen LogP contribution >= 0.6 is 11.3 Å². The number of hydrogen-bond acceptors (Lipinski definition) is 11. The molecule has 6 rings (SSSR count). The molecule has 2 saturated heterocycles. The van der Waals surface area contributed by atoms with Gasteiger partial charge in [0.25, 0.3) is 0 Å². The van der Waals surface area contributed by atoms with Gasteiger partial charge in [-0.05, 0) is 51.8 Å². The normalized spacial score (nSPS) is 22.8. The van der Waals surface area contributed by atoms with Crippen molar-refractivity contribution < 1.29 is 14.1 Å². The van der Waals surface area contributed by atoms with Gasteiger partial charge in [-0.2, -0.15) is 10.2 Å². The minimum atomic E-state index is -0.614. The van der Waals surface area contributed by atoms with Crippen molar-refractivity contribution >= 4 is 27.9 Å². The van der Waals surface area contributed by atoms with Gasteiger partial charge >= 0.3 is 0 Å².